The number of imide groups is 1. The van der Waals surface area contributed by atoms with Gasteiger partial charge in [0, 0.05) is 19.8 Å². The van der Waals surface area contributed by atoms with E-state index in [1.807, 2.05) is 13.8 Å². The van der Waals surface area contributed by atoms with Gasteiger partial charge >= 0.3 is 0 Å². The number of hydrogen-bond acceptors (Lipinski definition) is 4. The number of rotatable bonds is 6. The molecule has 1 saturated heterocycles. The van der Waals surface area contributed by atoms with Crippen LogP contribution in [0.5, 0.6) is 0 Å². The summed E-state index contributed by atoms with van der Waals surface area (Å²) in [6.07, 6.45) is 1.44. The summed E-state index contributed by atoms with van der Waals surface area (Å²) in [5, 5.41) is 5.83. The van der Waals surface area contributed by atoms with E-state index >= 15 is 0 Å². The van der Waals surface area contributed by atoms with Crippen LogP contribution in [0.15, 0.2) is 0 Å². The Morgan fingerprint density at radius 1 is 1.53 bits per heavy atom. The molecule has 0 spiro atoms. The second kappa shape index (κ2) is 8.06. The van der Waals surface area contributed by atoms with E-state index in [-0.39, 0.29) is 24.4 Å². The van der Waals surface area contributed by atoms with Crippen molar-refractivity contribution in [2.75, 3.05) is 26.3 Å². The van der Waals surface area contributed by atoms with Crippen molar-refractivity contribution in [2.24, 2.45) is 0 Å². The van der Waals surface area contributed by atoms with Crippen LogP contribution >= 0.6 is 12.2 Å². The van der Waals surface area contributed by atoms with E-state index in [1.165, 1.54) is 0 Å². The zero-order valence-electron chi connectivity index (χ0n) is 11.4. The molecule has 0 radical (unpaired) electrons. The van der Waals surface area contributed by atoms with Gasteiger partial charge in [-0.15, -0.1) is 0 Å². The molecule has 1 fully saturated rings. The van der Waals surface area contributed by atoms with Crippen LogP contribution in [-0.2, 0) is 14.3 Å². The van der Waals surface area contributed by atoms with Crippen molar-refractivity contribution in [2.45, 2.75) is 32.7 Å². The third-order valence-corrected chi connectivity index (χ3v) is 3.23. The molecule has 7 heteroatoms. The summed E-state index contributed by atoms with van der Waals surface area (Å²) in [5.41, 5.74) is 0. The maximum atomic E-state index is 11.7. The standard InChI is InChI=1S/C12H21N3O3S/c1-3-9-11(17)14-10(16)8-15(9)12(19)13-6-5-7-18-4-2/h9H,3-8H2,1-2H3,(H,13,19)(H,14,16,17). The molecule has 0 saturated carbocycles. The molecule has 1 atom stereocenters. The fourth-order valence-electron chi connectivity index (χ4n) is 1.90. The lowest BCUT2D eigenvalue weighted by Gasteiger charge is -2.35. The van der Waals surface area contributed by atoms with E-state index in [4.69, 9.17) is 17.0 Å². The smallest absolute Gasteiger partial charge is 0.249 e. The molecular weight excluding hydrogens is 266 g/mol. The summed E-state index contributed by atoms with van der Waals surface area (Å²) in [6.45, 7) is 6.00. The van der Waals surface area contributed by atoms with Crippen LogP contribution in [0.2, 0.25) is 0 Å². The van der Waals surface area contributed by atoms with E-state index in [2.05, 4.69) is 10.6 Å². The number of hydrogen-bond donors (Lipinski definition) is 2. The van der Waals surface area contributed by atoms with Gasteiger partial charge in [0.15, 0.2) is 5.11 Å². The van der Waals surface area contributed by atoms with Crippen molar-refractivity contribution >= 4 is 29.1 Å². The minimum atomic E-state index is -0.371. The molecule has 1 aliphatic rings. The number of carbonyl (C=O) groups excluding carboxylic acids is 2. The molecule has 0 aromatic carbocycles. The highest BCUT2D eigenvalue weighted by molar-refractivity contribution is 7.80. The third kappa shape index (κ3) is 4.76. The average molecular weight is 287 g/mol. The Bertz CT molecular complexity index is 349. The average Bonchev–Trinajstić information content (AvgIpc) is 2.37. The molecule has 0 bridgehead atoms. The molecule has 0 aromatic rings. The summed E-state index contributed by atoms with van der Waals surface area (Å²) in [6, 6.07) is -0.371. The van der Waals surface area contributed by atoms with Gasteiger partial charge in [-0.1, -0.05) is 6.92 Å². The minimum absolute atomic E-state index is 0.127. The van der Waals surface area contributed by atoms with Crippen LogP contribution in [0.4, 0.5) is 0 Å². The molecular formula is C12H21N3O3S. The second-order valence-electron chi connectivity index (χ2n) is 4.25. The van der Waals surface area contributed by atoms with E-state index < -0.39 is 0 Å². The Kier molecular flexibility index (Phi) is 6.72. The molecule has 19 heavy (non-hydrogen) atoms. The van der Waals surface area contributed by atoms with E-state index in [9.17, 15) is 9.59 Å². The molecule has 2 amide bonds. The van der Waals surface area contributed by atoms with Crippen LogP contribution in [0, 0.1) is 0 Å². The highest BCUT2D eigenvalue weighted by atomic mass is 32.1. The van der Waals surface area contributed by atoms with Gasteiger partial charge in [-0.2, -0.15) is 0 Å². The fraction of sp³-hybridized carbons (Fsp3) is 0.750. The summed E-state index contributed by atoms with van der Waals surface area (Å²) >= 11 is 5.24. The van der Waals surface area contributed by atoms with Crippen molar-refractivity contribution < 1.29 is 14.3 Å². The normalized spacial score (nSPS) is 19.3. The van der Waals surface area contributed by atoms with Crippen LogP contribution < -0.4 is 10.6 Å². The number of nitrogens with one attached hydrogen (secondary N) is 2. The summed E-state index contributed by atoms with van der Waals surface area (Å²) in [5.74, 6) is -0.592. The van der Waals surface area contributed by atoms with Gasteiger partial charge in [-0.25, -0.2) is 0 Å². The van der Waals surface area contributed by atoms with Gasteiger partial charge in [0.05, 0.1) is 0 Å². The van der Waals surface area contributed by atoms with E-state index in [0.29, 0.717) is 31.3 Å². The highest BCUT2D eigenvalue weighted by Gasteiger charge is 2.33. The third-order valence-electron chi connectivity index (χ3n) is 2.85. The van der Waals surface area contributed by atoms with Gasteiger partial charge in [-0.3, -0.25) is 14.9 Å². The SMILES string of the molecule is CCOCCCNC(=S)N1CC(=O)NC(=O)C1CC. The van der Waals surface area contributed by atoms with E-state index in [0.717, 1.165) is 6.42 Å². The number of ether oxygens (including phenoxy) is 1. The number of piperazine rings is 1. The quantitative estimate of drug-likeness (QED) is 0.408. The zero-order valence-corrected chi connectivity index (χ0v) is 12.2. The molecule has 6 nitrogen and oxygen atoms in total. The van der Waals surface area contributed by atoms with E-state index in [1.54, 1.807) is 4.90 Å². The van der Waals surface area contributed by atoms with Gasteiger partial charge < -0.3 is 15.0 Å². The van der Waals surface area contributed by atoms with Crippen LogP contribution in [-0.4, -0.2) is 54.2 Å². The minimum Gasteiger partial charge on any atom is -0.382 e. The van der Waals surface area contributed by atoms with Crippen LogP contribution in [0.25, 0.3) is 0 Å². The molecule has 1 unspecified atom stereocenters. The lowest BCUT2D eigenvalue weighted by molar-refractivity contribution is -0.137. The van der Waals surface area contributed by atoms with Crippen molar-refractivity contribution in [1.29, 1.82) is 0 Å². The first-order valence-corrected chi connectivity index (χ1v) is 6.96. The van der Waals surface area contributed by atoms with Gasteiger partial charge in [-0.05, 0) is 32.0 Å². The second-order valence-corrected chi connectivity index (χ2v) is 4.63. The first-order chi connectivity index (χ1) is 9.10. The monoisotopic (exact) mass is 287 g/mol. The Balaban J connectivity index is 2.44. The lowest BCUT2D eigenvalue weighted by Crippen LogP contribution is -2.61. The Morgan fingerprint density at radius 3 is 2.89 bits per heavy atom. The maximum absolute atomic E-state index is 11.7. The van der Waals surface area contributed by atoms with Crippen molar-refractivity contribution in [3.05, 3.63) is 0 Å². The van der Waals surface area contributed by atoms with Crippen molar-refractivity contribution in [3.63, 3.8) is 0 Å². The molecule has 1 heterocycles. The first-order valence-electron chi connectivity index (χ1n) is 6.56. The Hall–Kier alpha value is -1.21. The number of amides is 2. The maximum Gasteiger partial charge on any atom is 0.249 e. The number of nitrogens with zero attached hydrogens (tertiary/aromatic N) is 1. The van der Waals surface area contributed by atoms with Gasteiger partial charge in [0.25, 0.3) is 0 Å². The predicted molar refractivity (Wildman–Crippen MR) is 75.6 cm³/mol. The first kappa shape index (κ1) is 15.8. The highest BCUT2D eigenvalue weighted by Crippen LogP contribution is 2.09. The zero-order chi connectivity index (χ0) is 14.3. The molecule has 0 aliphatic carbocycles. The lowest BCUT2D eigenvalue weighted by atomic mass is 10.1. The number of thiocarbonyl (C=S) groups is 1. The van der Waals surface area contributed by atoms with Crippen molar-refractivity contribution in [3.8, 4) is 0 Å². The molecule has 2 N–H and O–H groups in total. The summed E-state index contributed by atoms with van der Waals surface area (Å²) < 4.78 is 5.22. The summed E-state index contributed by atoms with van der Waals surface area (Å²) in [4.78, 5) is 24.7. The Labute approximate surface area is 118 Å². The van der Waals surface area contributed by atoms with Crippen molar-refractivity contribution in [1.82, 2.24) is 15.5 Å². The van der Waals surface area contributed by atoms with Crippen LogP contribution in [0.3, 0.4) is 0 Å². The number of carbonyl (C=O) groups is 2. The molecule has 1 rings (SSSR count). The van der Waals surface area contributed by atoms with Gasteiger partial charge in [0.2, 0.25) is 11.8 Å². The topological polar surface area (TPSA) is 70.7 Å². The molecule has 108 valence electrons. The summed E-state index contributed by atoms with van der Waals surface area (Å²) in [7, 11) is 0. The van der Waals surface area contributed by atoms with Gasteiger partial charge in [0.1, 0.15) is 12.6 Å². The van der Waals surface area contributed by atoms with Crippen LogP contribution in [0.1, 0.15) is 26.7 Å². The molecule has 1 aliphatic heterocycles. The molecule has 0 aromatic heterocycles. The largest absolute Gasteiger partial charge is 0.382 e. The Morgan fingerprint density at radius 2 is 2.26 bits per heavy atom. The fourth-order valence-corrected chi connectivity index (χ4v) is 2.20. The predicted octanol–water partition coefficient (Wildman–Crippen LogP) is 0.0245.